The summed E-state index contributed by atoms with van der Waals surface area (Å²) in [6.45, 7) is 1.74. The Morgan fingerprint density at radius 1 is 1.36 bits per heavy atom. The minimum atomic E-state index is 0.685. The summed E-state index contributed by atoms with van der Waals surface area (Å²) in [4.78, 5) is 2.06. The molecule has 0 aromatic heterocycles. The molecular weight excluding hydrogens is 198 g/mol. The van der Waals surface area contributed by atoms with Gasteiger partial charge in [-0.15, -0.1) is 0 Å². The Morgan fingerprint density at radius 2 is 2.00 bits per heavy atom. The van der Waals surface area contributed by atoms with Crippen LogP contribution in [-0.4, -0.2) is 32.1 Å². The molecule has 14 heavy (non-hydrogen) atoms. The summed E-state index contributed by atoms with van der Waals surface area (Å²) in [7, 11) is 4.01. The Morgan fingerprint density at radius 3 is 2.21 bits per heavy atom. The second-order valence-corrected chi connectivity index (χ2v) is 3.58. The highest BCUT2D eigenvalue weighted by Crippen LogP contribution is 2.10. The van der Waals surface area contributed by atoms with Crippen molar-refractivity contribution in [3.63, 3.8) is 0 Å². The zero-order valence-electron chi connectivity index (χ0n) is 8.70. The zero-order valence-corrected chi connectivity index (χ0v) is 9.46. The van der Waals surface area contributed by atoms with E-state index in [-0.39, 0.29) is 0 Å². The molecule has 1 aromatic carbocycles. The van der Waals surface area contributed by atoms with Crippen LogP contribution in [0.3, 0.4) is 0 Å². The van der Waals surface area contributed by atoms with Gasteiger partial charge in [0.1, 0.15) is 0 Å². The molecule has 3 nitrogen and oxygen atoms in total. The molecule has 0 aliphatic heterocycles. The fourth-order valence-corrected chi connectivity index (χ4v) is 0.964. The molecule has 4 heteroatoms. The molecule has 0 unspecified atom stereocenters. The molecule has 0 fully saturated rings. The van der Waals surface area contributed by atoms with Crippen molar-refractivity contribution < 1.29 is 0 Å². The van der Waals surface area contributed by atoms with Crippen LogP contribution in [0.25, 0.3) is 0 Å². The first-order valence-corrected chi connectivity index (χ1v) is 4.80. The van der Waals surface area contributed by atoms with Crippen LogP contribution in [-0.2, 0) is 0 Å². The SMILES string of the molecule is CN(C)CCN.Nc1cccc(Cl)c1. The molecule has 0 bridgehead atoms. The highest BCUT2D eigenvalue weighted by Gasteiger charge is 1.83. The van der Waals surface area contributed by atoms with Crippen molar-refractivity contribution in [2.75, 3.05) is 32.9 Å². The third-order valence-corrected chi connectivity index (χ3v) is 1.66. The van der Waals surface area contributed by atoms with Gasteiger partial charge in [0, 0.05) is 23.8 Å². The summed E-state index contributed by atoms with van der Waals surface area (Å²) in [6, 6.07) is 7.11. The predicted octanol–water partition coefficient (Wildman–Crippen LogP) is 1.43. The molecule has 0 saturated carbocycles. The Balaban J connectivity index is 0.000000255. The van der Waals surface area contributed by atoms with Crippen molar-refractivity contribution in [1.82, 2.24) is 4.90 Å². The van der Waals surface area contributed by atoms with Crippen molar-refractivity contribution in [2.24, 2.45) is 5.73 Å². The first kappa shape index (κ1) is 13.2. The van der Waals surface area contributed by atoms with Crippen molar-refractivity contribution in [3.8, 4) is 0 Å². The van der Waals surface area contributed by atoms with Gasteiger partial charge in [0.25, 0.3) is 0 Å². The highest BCUT2D eigenvalue weighted by atomic mass is 35.5. The average molecular weight is 216 g/mol. The quantitative estimate of drug-likeness (QED) is 0.734. The lowest BCUT2D eigenvalue weighted by Gasteiger charge is -2.03. The summed E-state index contributed by atoms with van der Waals surface area (Å²) in [5.74, 6) is 0. The topological polar surface area (TPSA) is 55.3 Å². The molecule has 80 valence electrons. The number of nitrogens with two attached hydrogens (primary N) is 2. The molecule has 1 aromatic rings. The molecule has 0 atom stereocenters. The number of nitrogen functional groups attached to an aromatic ring is 1. The lowest BCUT2D eigenvalue weighted by Crippen LogP contribution is -2.20. The fourth-order valence-electron chi connectivity index (χ4n) is 0.765. The summed E-state index contributed by atoms with van der Waals surface area (Å²) < 4.78 is 0. The van der Waals surface area contributed by atoms with Crippen molar-refractivity contribution in [1.29, 1.82) is 0 Å². The van der Waals surface area contributed by atoms with Gasteiger partial charge in [0.05, 0.1) is 0 Å². The Hall–Kier alpha value is -0.770. The number of hydrogen-bond acceptors (Lipinski definition) is 3. The van der Waals surface area contributed by atoms with E-state index in [2.05, 4.69) is 4.90 Å². The van der Waals surface area contributed by atoms with Gasteiger partial charge in [-0.2, -0.15) is 0 Å². The van der Waals surface area contributed by atoms with E-state index in [9.17, 15) is 0 Å². The van der Waals surface area contributed by atoms with E-state index in [1.165, 1.54) is 0 Å². The van der Waals surface area contributed by atoms with Crippen molar-refractivity contribution in [2.45, 2.75) is 0 Å². The molecule has 0 spiro atoms. The second kappa shape index (κ2) is 7.62. The molecule has 1 rings (SSSR count). The summed E-state index contributed by atoms with van der Waals surface area (Å²) in [5, 5.41) is 0.685. The Labute approximate surface area is 90.6 Å². The third-order valence-electron chi connectivity index (χ3n) is 1.42. The molecular formula is C10H18ClN3. The third kappa shape index (κ3) is 7.86. The van der Waals surface area contributed by atoms with Gasteiger partial charge in [-0.3, -0.25) is 0 Å². The van der Waals surface area contributed by atoms with E-state index in [1.807, 2.05) is 20.2 Å². The Bertz CT molecular complexity index is 234. The van der Waals surface area contributed by atoms with Gasteiger partial charge in [0.2, 0.25) is 0 Å². The van der Waals surface area contributed by atoms with Crippen LogP contribution in [0.1, 0.15) is 0 Å². The number of benzene rings is 1. The largest absolute Gasteiger partial charge is 0.399 e. The van der Waals surface area contributed by atoms with Gasteiger partial charge >= 0.3 is 0 Å². The monoisotopic (exact) mass is 215 g/mol. The normalized spacial score (nSPS) is 9.50. The number of likely N-dealkylation sites (N-methyl/N-ethyl adjacent to an activating group) is 1. The lowest BCUT2D eigenvalue weighted by atomic mass is 10.3. The van der Waals surface area contributed by atoms with Crippen LogP contribution in [0.5, 0.6) is 0 Å². The van der Waals surface area contributed by atoms with E-state index in [0.717, 1.165) is 13.1 Å². The number of halogens is 1. The van der Waals surface area contributed by atoms with Crippen LogP contribution < -0.4 is 11.5 Å². The molecule has 0 heterocycles. The van der Waals surface area contributed by atoms with Gasteiger partial charge in [-0.05, 0) is 32.3 Å². The van der Waals surface area contributed by atoms with Crippen molar-refractivity contribution >= 4 is 17.3 Å². The van der Waals surface area contributed by atoms with Crippen LogP contribution >= 0.6 is 11.6 Å². The van der Waals surface area contributed by atoms with Crippen LogP contribution in [0.15, 0.2) is 24.3 Å². The minimum Gasteiger partial charge on any atom is -0.399 e. The summed E-state index contributed by atoms with van der Waals surface area (Å²) in [6.07, 6.45) is 0. The maximum atomic E-state index is 5.56. The summed E-state index contributed by atoms with van der Waals surface area (Å²) in [5.41, 5.74) is 11.3. The minimum absolute atomic E-state index is 0.685. The maximum Gasteiger partial charge on any atom is 0.0426 e. The average Bonchev–Trinajstić information content (AvgIpc) is 2.03. The molecule has 0 saturated heterocycles. The van der Waals surface area contributed by atoms with E-state index >= 15 is 0 Å². The number of anilines is 1. The predicted molar refractivity (Wildman–Crippen MR) is 63.5 cm³/mol. The van der Waals surface area contributed by atoms with E-state index < -0.39 is 0 Å². The Kier molecular flexibility index (Phi) is 7.20. The first-order valence-electron chi connectivity index (χ1n) is 4.42. The highest BCUT2D eigenvalue weighted by molar-refractivity contribution is 6.30. The first-order chi connectivity index (χ1) is 6.56. The molecule has 4 N–H and O–H groups in total. The van der Waals surface area contributed by atoms with Gasteiger partial charge in [-0.25, -0.2) is 0 Å². The van der Waals surface area contributed by atoms with Crippen LogP contribution in [0.2, 0.25) is 5.02 Å². The number of rotatable bonds is 2. The molecule has 0 aliphatic rings. The lowest BCUT2D eigenvalue weighted by molar-refractivity contribution is 0.420. The molecule has 0 radical (unpaired) electrons. The van der Waals surface area contributed by atoms with Crippen LogP contribution in [0.4, 0.5) is 5.69 Å². The van der Waals surface area contributed by atoms with Gasteiger partial charge < -0.3 is 16.4 Å². The van der Waals surface area contributed by atoms with Crippen molar-refractivity contribution in [3.05, 3.63) is 29.3 Å². The van der Waals surface area contributed by atoms with E-state index in [0.29, 0.717) is 10.7 Å². The smallest absolute Gasteiger partial charge is 0.0426 e. The van der Waals surface area contributed by atoms with Gasteiger partial charge in [0.15, 0.2) is 0 Å². The standard InChI is InChI=1S/C6H6ClN.C4H12N2/c7-5-2-1-3-6(8)4-5;1-6(2)4-3-5/h1-4H,8H2;3-5H2,1-2H3. The number of hydrogen-bond donors (Lipinski definition) is 2. The zero-order chi connectivity index (χ0) is 11.0. The maximum absolute atomic E-state index is 5.56. The van der Waals surface area contributed by atoms with Crippen LogP contribution in [0, 0.1) is 0 Å². The summed E-state index contributed by atoms with van der Waals surface area (Å²) >= 11 is 5.56. The van der Waals surface area contributed by atoms with E-state index in [1.54, 1.807) is 18.2 Å². The van der Waals surface area contributed by atoms with Gasteiger partial charge in [-0.1, -0.05) is 17.7 Å². The van der Waals surface area contributed by atoms with E-state index in [4.69, 9.17) is 23.1 Å². The molecule has 0 amide bonds. The second-order valence-electron chi connectivity index (χ2n) is 3.15. The fraction of sp³-hybridized carbons (Fsp3) is 0.400. The number of nitrogens with zero attached hydrogens (tertiary/aromatic N) is 1. The molecule has 0 aliphatic carbocycles.